The van der Waals surface area contributed by atoms with E-state index in [0.717, 1.165) is 21.2 Å². The van der Waals surface area contributed by atoms with Crippen LogP contribution in [0.15, 0.2) is 36.7 Å². The standard InChI is InChI=1S/C18H18N4O2S/c1-11-15(10-19-12(2)22-11)17(23)20-8-13-9-21-18(25-13)14-6-4-5-7-16(14)24-3/h4-7,9-10H,8H2,1-3H3,(H,20,23). The molecule has 7 heteroatoms. The van der Waals surface area contributed by atoms with Crippen molar-refractivity contribution in [3.8, 4) is 16.3 Å². The van der Waals surface area contributed by atoms with E-state index in [4.69, 9.17) is 4.74 Å². The van der Waals surface area contributed by atoms with Crippen LogP contribution in [0.25, 0.3) is 10.6 Å². The summed E-state index contributed by atoms with van der Waals surface area (Å²) in [6.45, 7) is 4.00. The minimum Gasteiger partial charge on any atom is -0.496 e. The number of hydrogen-bond acceptors (Lipinski definition) is 6. The number of aromatic nitrogens is 3. The van der Waals surface area contributed by atoms with E-state index in [9.17, 15) is 4.79 Å². The number of hydrogen-bond donors (Lipinski definition) is 1. The average molecular weight is 354 g/mol. The molecule has 25 heavy (non-hydrogen) atoms. The third-order valence-corrected chi connectivity index (χ3v) is 4.69. The Hall–Kier alpha value is -2.80. The van der Waals surface area contributed by atoms with E-state index in [1.807, 2.05) is 24.3 Å². The van der Waals surface area contributed by atoms with Crippen LogP contribution in [0, 0.1) is 13.8 Å². The van der Waals surface area contributed by atoms with Crippen molar-refractivity contribution in [1.82, 2.24) is 20.3 Å². The Labute approximate surface area is 149 Å². The van der Waals surface area contributed by atoms with Crippen molar-refractivity contribution >= 4 is 17.2 Å². The van der Waals surface area contributed by atoms with E-state index >= 15 is 0 Å². The summed E-state index contributed by atoms with van der Waals surface area (Å²) in [6.07, 6.45) is 3.32. The minimum absolute atomic E-state index is 0.190. The van der Waals surface area contributed by atoms with Gasteiger partial charge in [0.05, 0.1) is 30.5 Å². The van der Waals surface area contributed by atoms with Crippen molar-refractivity contribution in [2.75, 3.05) is 7.11 Å². The Morgan fingerprint density at radius 1 is 1.20 bits per heavy atom. The SMILES string of the molecule is COc1ccccc1-c1ncc(CNC(=O)c2cnc(C)nc2C)s1. The molecule has 6 nitrogen and oxygen atoms in total. The first-order valence-corrected chi connectivity index (χ1v) is 8.56. The molecule has 0 atom stereocenters. The maximum Gasteiger partial charge on any atom is 0.254 e. The predicted molar refractivity (Wildman–Crippen MR) is 96.8 cm³/mol. The van der Waals surface area contributed by atoms with Gasteiger partial charge in [0.1, 0.15) is 16.6 Å². The Balaban J connectivity index is 1.70. The molecule has 128 valence electrons. The van der Waals surface area contributed by atoms with Crippen LogP contribution in [0.4, 0.5) is 0 Å². The highest BCUT2D eigenvalue weighted by Gasteiger charge is 2.13. The molecule has 0 aliphatic heterocycles. The number of rotatable bonds is 5. The number of methoxy groups -OCH3 is 1. The van der Waals surface area contributed by atoms with Gasteiger partial charge in [-0.2, -0.15) is 0 Å². The normalized spacial score (nSPS) is 10.5. The fraction of sp³-hybridized carbons (Fsp3) is 0.222. The number of ether oxygens (including phenoxy) is 1. The van der Waals surface area contributed by atoms with Gasteiger partial charge in [0, 0.05) is 17.3 Å². The van der Waals surface area contributed by atoms with Gasteiger partial charge in [-0.15, -0.1) is 11.3 Å². The number of nitrogens with zero attached hydrogens (tertiary/aromatic N) is 3. The molecular formula is C18H18N4O2S. The highest BCUT2D eigenvalue weighted by atomic mass is 32.1. The van der Waals surface area contributed by atoms with Crippen molar-refractivity contribution in [3.63, 3.8) is 0 Å². The van der Waals surface area contributed by atoms with Gasteiger partial charge in [-0.3, -0.25) is 4.79 Å². The van der Waals surface area contributed by atoms with Crippen LogP contribution in [0.2, 0.25) is 0 Å². The summed E-state index contributed by atoms with van der Waals surface area (Å²) in [5.74, 6) is 1.24. The zero-order valence-corrected chi connectivity index (χ0v) is 15.1. The molecule has 3 rings (SSSR count). The lowest BCUT2D eigenvalue weighted by Crippen LogP contribution is -2.24. The molecule has 0 spiro atoms. The van der Waals surface area contributed by atoms with Gasteiger partial charge < -0.3 is 10.1 Å². The molecule has 1 amide bonds. The largest absolute Gasteiger partial charge is 0.496 e. The Morgan fingerprint density at radius 2 is 2.00 bits per heavy atom. The number of para-hydroxylation sites is 1. The van der Waals surface area contributed by atoms with Gasteiger partial charge in [0.2, 0.25) is 0 Å². The van der Waals surface area contributed by atoms with Gasteiger partial charge in [-0.25, -0.2) is 15.0 Å². The summed E-state index contributed by atoms with van der Waals surface area (Å²) in [5.41, 5.74) is 2.10. The van der Waals surface area contributed by atoms with Crippen LogP contribution in [0.5, 0.6) is 5.75 Å². The Morgan fingerprint density at radius 3 is 2.76 bits per heavy atom. The smallest absolute Gasteiger partial charge is 0.254 e. The molecule has 0 saturated heterocycles. The third-order valence-electron chi connectivity index (χ3n) is 3.66. The first-order valence-electron chi connectivity index (χ1n) is 7.75. The molecule has 0 aliphatic rings. The van der Waals surface area contributed by atoms with Crippen LogP contribution in [0.1, 0.15) is 26.8 Å². The number of carbonyl (C=O) groups excluding carboxylic acids is 1. The molecule has 0 unspecified atom stereocenters. The van der Waals surface area contributed by atoms with Gasteiger partial charge in [0.15, 0.2) is 0 Å². The Bertz CT molecular complexity index is 908. The van der Waals surface area contributed by atoms with E-state index < -0.39 is 0 Å². The van der Waals surface area contributed by atoms with Crippen molar-refractivity contribution in [3.05, 3.63) is 58.6 Å². The maximum atomic E-state index is 12.3. The molecule has 0 aliphatic carbocycles. The number of benzene rings is 1. The lowest BCUT2D eigenvalue weighted by Gasteiger charge is -2.06. The molecule has 3 aromatic rings. The zero-order chi connectivity index (χ0) is 17.8. The topological polar surface area (TPSA) is 77.0 Å². The molecule has 0 saturated carbocycles. The Kier molecular flexibility index (Phi) is 5.04. The van der Waals surface area contributed by atoms with Gasteiger partial charge in [-0.1, -0.05) is 12.1 Å². The highest BCUT2D eigenvalue weighted by Crippen LogP contribution is 2.32. The van der Waals surface area contributed by atoms with Crippen molar-refractivity contribution in [2.24, 2.45) is 0 Å². The lowest BCUT2D eigenvalue weighted by atomic mass is 10.2. The van der Waals surface area contributed by atoms with Crippen molar-refractivity contribution in [1.29, 1.82) is 0 Å². The minimum atomic E-state index is -0.190. The highest BCUT2D eigenvalue weighted by molar-refractivity contribution is 7.15. The summed E-state index contributed by atoms with van der Waals surface area (Å²) in [7, 11) is 1.64. The summed E-state index contributed by atoms with van der Waals surface area (Å²) in [4.78, 5) is 26.0. The van der Waals surface area contributed by atoms with E-state index in [1.54, 1.807) is 33.4 Å². The maximum absolute atomic E-state index is 12.3. The fourth-order valence-corrected chi connectivity index (χ4v) is 3.29. The number of carbonyl (C=O) groups is 1. The van der Waals surface area contributed by atoms with Crippen LogP contribution >= 0.6 is 11.3 Å². The number of amides is 1. The second kappa shape index (κ2) is 7.40. The number of thiazole rings is 1. The molecule has 1 aromatic carbocycles. The number of aryl methyl sites for hydroxylation is 2. The summed E-state index contributed by atoms with van der Waals surface area (Å²) < 4.78 is 5.37. The van der Waals surface area contributed by atoms with E-state index in [2.05, 4.69) is 20.3 Å². The fourth-order valence-electron chi connectivity index (χ4n) is 2.40. The van der Waals surface area contributed by atoms with E-state index in [1.165, 1.54) is 11.3 Å². The molecule has 0 bridgehead atoms. The van der Waals surface area contributed by atoms with Gasteiger partial charge in [0.25, 0.3) is 5.91 Å². The third kappa shape index (κ3) is 3.83. The predicted octanol–water partition coefficient (Wildman–Crippen LogP) is 3.16. The summed E-state index contributed by atoms with van der Waals surface area (Å²) in [5, 5.41) is 3.75. The zero-order valence-electron chi connectivity index (χ0n) is 14.2. The molecule has 0 fully saturated rings. The van der Waals surface area contributed by atoms with Crippen LogP contribution in [-0.4, -0.2) is 28.0 Å². The second-order valence-electron chi connectivity index (χ2n) is 5.43. The van der Waals surface area contributed by atoms with Crippen LogP contribution < -0.4 is 10.1 Å². The van der Waals surface area contributed by atoms with Crippen LogP contribution in [0.3, 0.4) is 0 Å². The second-order valence-corrected chi connectivity index (χ2v) is 6.55. The lowest BCUT2D eigenvalue weighted by molar-refractivity contribution is 0.0950. The molecule has 2 aromatic heterocycles. The monoisotopic (exact) mass is 354 g/mol. The van der Waals surface area contributed by atoms with Crippen molar-refractivity contribution in [2.45, 2.75) is 20.4 Å². The van der Waals surface area contributed by atoms with Gasteiger partial charge in [-0.05, 0) is 26.0 Å². The first-order chi connectivity index (χ1) is 12.1. The average Bonchev–Trinajstić information content (AvgIpc) is 3.08. The van der Waals surface area contributed by atoms with Crippen molar-refractivity contribution < 1.29 is 9.53 Å². The quantitative estimate of drug-likeness (QED) is 0.761. The summed E-state index contributed by atoms with van der Waals surface area (Å²) >= 11 is 1.52. The summed E-state index contributed by atoms with van der Waals surface area (Å²) in [6, 6.07) is 7.73. The molecular weight excluding hydrogens is 336 g/mol. The molecule has 2 heterocycles. The van der Waals surface area contributed by atoms with E-state index in [-0.39, 0.29) is 5.91 Å². The molecule has 0 radical (unpaired) electrons. The van der Waals surface area contributed by atoms with Crippen LogP contribution in [-0.2, 0) is 6.54 Å². The van der Waals surface area contributed by atoms with Gasteiger partial charge >= 0.3 is 0 Å². The number of nitrogens with one attached hydrogen (secondary N) is 1. The first kappa shape index (κ1) is 17.0. The molecule has 1 N–H and O–H groups in total. The van der Waals surface area contributed by atoms with E-state index in [0.29, 0.717) is 23.6 Å².